The molecule has 2 aromatic heterocycles. The molecule has 2 heterocycles. The Balaban J connectivity index is 1.64. The highest BCUT2D eigenvalue weighted by atomic mass is 31.2. The van der Waals surface area contributed by atoms with Crippen LogP contribution >= 0.6 is 7.44 Å². The van der Waals surface area contributed by atoms with Crippen molar-refractivity contribution in [1.82, 2.24) is 29.7 Å². The van der Waals surface area contributed by atoms with Crippen molar-refractivity contribution in [2.75, 3.05) is 18.6 Å². The number of nitrogen functional groups attached to an aromatic ring is 1. The van der Waals surface area contributed by atoms with Gasteiger partial charge in [-0.25, -0.2) is 20.0 Å². The number of hydrogen-bond acceptors (Lipinski definition) is 10. The van der Waals surface area contributed by atoms with Crippen LogP contribution in [0.3, 0.4) is 0 Å². The average molecular weight is 568 g/mol. The zero-order valence-corrected chi connectivity index (χ0v) is 24.4. The van der Waals surface area contributed by atoms with Crippen molar-refractivity contribution < 1.29 is 28.4 Å². The largest absolute Gasteiger partial charge is 0.463 e. The number of nitrogens with zero attached hydrogens (tertiary/aromatic N) is 4. The predicted octanol–water partition coefficient (Wildman–Crippen LogP) is 3.00. The van der Waals surface area contributed by atoms with Gasteiger partial charge in [-0.3, -0.25) is 19.2 Å². The first-order valence-corrected chi connectivity index (χ1v) is 15.4. The van der Waals surface area contributed by atoms with E-state index in [0.717, 1.165) is 32.1 Å². The number of aromatic nitrogens is 4. The lowest BCUT2D eigenvalue weighted by molar-refractivity contribution is -0.152. The molecule has 14 heteroatoms. The predicted molar refractivity (Wildman–Crippen MR) is 147 cm³/mol. The smallest absolute Gasteiger partial charge is 0.323 e. The van der Waals surface area contributed by atoms with Gasteiger partial charge in [0.25, 0.3) is 0 Å². The second kappa shape index (κ2) is 14.2. The molecule has 0 amide bonds. The van der Waals surface area contributed by atoms with Gasteiger partial charge in [0.2, 0.25) is 7.44 Å². The van der Waals surface area contributed by atoms with Gasteiger partial charge in [0.05, 0.1) is 31.0 Å². The van der Waals surface area contributed by atoms with E-state index in [-0.39, 0.29) is 30.9 Å². The van der Waals surface area contributed by atoms with Crippen molar-refractivity contribution in [3.05, 3.63) is 12.7 Å². The Morgan fingerprint density at radius 1 is 1.10 bits per heavy atom. The number of imidazole rings is 1. The molecule has 0 radical (unpaired) electrons. The standard InChI is InChI=1S/C25H42N7O6P/c1-16(2)37-24(33)17(3)11-30-39(35,31-19(5)25(34)38-20-9-7-6-8-10-20)15-36-18(4)12-32-14-29-21-22(26)27-13-28-23(21)32/h13-14,16-20H,6-12,15H2,1-5H3,(H2,26,27,28)(H2,30,31,35)/t17-,18+,19+,39?/m0/s1. The summed E-state index contributed by atoms with van der Waals surface area (Å²) in [5.74, 6) is -1.15. The topological polar surface area (TPSA) is 173 Å². The highest BCUT2D eigenvalue weighted by Crippen LogP contribution is 2.38. The van der Waals surface area contributed by atoms with Crippen molar-refractivity contribution >= 4 is 36.4 Å². The third-order valence-electron chi connectivity index (χ3n) is 6.42. The molecule has 1 fully saturated rings. The van der Waals surface area contributed by atoms with E-state index >= 15 is 0 Å². The lowest BCUT2D eigenvalue weighted by atomic mass is 9.98. The summed E-state index contributed by atoms with van der Waals surface area (Å²) in [5.41, 5.74) is 6.92. The minimum absolute atomic E-state index is 0.0698. The van der Waals surface area contributed by atoms with E-state index in [9.17, 15) is 14.2 Å². The van der Waals surface area contributed by atoms with Crippen LogP contribution in [0.15, 0.2) is 12.7 Å². The Hall–Kier alpha value is -2.60. The van der Waals surface area contributed by atoms with E-state index in [1.54, 1.807) is 38.6 Å². The SMILES string of the molecule is CC(C)OC(=O)[C@@H](C)CNP(=O)(CO[C@H](C)Cn1cnc2c(N)ncnc21)N[C@H](C)C(=O)OC1CCCCC1. The number of anilines is 1. The number of ether oxygens (including phenoxy) is 3. The van der Waals surface area contributed by atoms with E-state index in [2.05, 4.69) is 25.1 Å². The maximum Gasteiger partial charge on any atom is 0.323 e. The van der Waals surface area contributed by atoms with Gasteiger partial charge in [-0.15, -0.1) is 0 Å². The molecule has 1 saturated carbocycles. The third-order valence-corrected chi connectivity index (χ3v) is 8.43. The Labute approximate surface area is 229 Å². The molecule has 1 unspecified atom stereocenters. The lowest BCUT2D eigenvalue weighted by Crippen LogP contribution is -2.41. The fourth-order valence-corrected chi connectivity index (χ4v) is 6.28. The quantitative estimate of drug-likeness (QED) is 0.225. The first-order valence-electron chi connectivity index (χ1n) is 13.5. The Bertz CT molecular complexity index is 1150. The molecule has 0 aromatic carbocycles. The third kappa shape index (κ3) is 9.23. The van der Waals surface area contributed by atoms with Crippen molar-refractivity contribution in [2.24, 2.45) is 5.92 Å². The Morgan fingerprint density at radius 2 is 1.82 bits per heavy atom. The molecule has 1 aliphatic carbocycles. The number of esters is 2. The fourth-order valence-electron chi connectivity index (χ4n) is 4.25. The number of carbonyl (C=O) groups is 2. The number of nitrogens with two attached hydrogens (primary N) is 1. The molecule has 0 bridgehead atoms. The summed E-state index contributed by atoms with van der Waals surface area (Å²) in [4.78, 5) is 37.5. The van der Waals surface area contributed by atoms with Crippen molar-refractivity contribution in [3.8, 4) is 0 Å². The summed E-state index contributed by atoms with van der Waals surface area (Å²) >= 11 is 0. The van der Waals surface area contributed by atoms with Gasteiger partial charge in [0, 0.05) is 6.54 Å². The molecule has 218 valence electrons. The maximum atomic E-state index is 14.0. The second-order valence-electron chi connectivity index (χ2n) is 10.5. The molecule has 2 aromatic rings. The minimum atomic E-state index is -3.51. The first-order chi connectivity index (χ1) is 18.5. The van der Waals surface area contributed by atoms with Gasteiger partial charge in [-0.1, -0.05) is 13.3 Å². The molecule has 3 rings (SSSR count). The average Bonchev–Trinajstić information content (AvgIpc) is 3.30. The minimum Gasteiger partial charge on any atom is -0.463 e. The fraction of sp³-hybridized carbons (Fsp3) is 0.720. The molecule has 39 heavy (non-hydrogen) atoms. The van der Waals surface area contributed by atoms with Gasteiger partial charge in [0.1, 0.15) is 30.3 Å². The first kappa shape index (κ1) is 30.9. The zero-order valence-electron chi connectivity index (χ0n) is 23.5. The number of nitrogens with one attached hydrogen (secondary N) is 2. The zero-order chi connectivity index (χ0) is 28.6. The molecule has 1 aliphatic rings. The van der Waals surface area contributed by atoms with Crippen LogP contribution in [0, 0.1) is 5.92 Å². The van der Waals surface area contributed by atoms with E-state index in [1.165, 1.54) is 6.33 Å². The molecule has 0 saturated heterocycles. The molecule has 13 nitrogen and oxygen atoms in total. The maximum absolute atomic E-state index is 14.0. The number of fused-ring (bicyclic) bond motifs is 1. The normalized spacial score (nSPS) is 18.4. The molecule has 0 spiro atoms. The number of rotatable bonds is 14. The molecule has 4 N–H and O–H groups in total. The molecule has 0 aliphatic heterocycles. The molecular weight excluding hydrogens is 525 g/mol. The number of carbonyl (C=O) groups excluding carboxylic acids is 2. The van der Waals surface area contributed by atoms with Crippen LogP contribution in [0.5, 0.6) is 0 Å². The van der Waals surface area contributed by atoms with Gasteiger partial charge < -0.3 is 24.5 Å². The van der Waals surface area contributed by atoms with Crippen LogP contribution in [0.25, 0.3) is 11.2 Å². The van der Waals surface area contributed by atoms with Crippen LogP contribution in [-0.2, 0) is 34.9 Å². The monoisotopic (exact) mass is 567 g/mol. The van der Waals surface area contributed by atoms with Crippen molar-refractivity contribution in [1.29, 1.82) is 0 Å². The Kier molecular flexibility index (Phi) is 11.2. The highest BCUT2D eigenvalue weighted by Gasteiger charge is 2.31. The summed E-state index contributed by atoms with van der Waals surface area (Å²) in [6.07, 6.45) is 6.82. The summed E-state index contributed by atoms with van der Waals surface area (Å²) in [6.45, 7) is 9.09. The van der Waals surface area contributed by atoms with E-state index in [4.69, 9.17) is 19.9 Å². The summed E-state index contributed by atoms with van der Waals surface area (Å²) < 4.78 is 32.6. The summed E-state index contributed by atoms with van der Waals surface area (Å²) in [6, 6.07) is -0.848. The lowest BCUT2D eigenvalue weighted by Gasteiger charge is -2.28. The summed E-state index contributed by atoms with van der Waals surface area (Å²) in [5, 5.41) is 5.85. The molecule has 4 atom stereocenters. The van der Waals surface area contributed by atoms with Gasteiger partial charge >= 0.3 is 11.9 Å². The van der Waals surface area contributed by atoms with Crippen LogP contribution in [0.4, 0.5) is 5.82 Å². The van der Waals surface area contributed by atoms with Crippen LogP contribution in [0.2, 0.25) is 0 Å². The molecular formula is C25H42N7O6P. The van der Waals surface area contributed by atoms with Crippen LogP contribution in [0.1, 0.15) is 66.7 Å². The van der Waals surface area contributed by atoms with Crippen molar-refractivity contribution in [2.45, 2.75) is 97.6 Å². The van der Waals surface area contributed by atoms with E-state index in [1.807, 2.05) is 6.92 Å². The van der Waals surface area contributed by atoms with Crippen molar-refractivity contribution in [3.63, 3.8) is 0 Å². The van der Waals surface area contributed by atoms with Crippen LogP contribution in [-0.4, -0.2) is 68.7 Å². The second-order valence-corrected chi connectivity index (χ2v) is 12.8. The van der Waals surface area contributed by atoms with Gasteiger partial charge in [0.15, 0.2) is 11.5 Å². The summed E-state index contributed by atoms with van der Waals surface area (Å²) in [7, 11) is -3.51. The van der Waals surface area contributed by atoms with E-state index in [0.29, 0.717) is 17.7 Å². The number of hydrogen-bond donors (Lipinski definition) is 3. The highest BCUT2D eigenvalue weighted by molar-refractivity contribution is 7.59. The van der Waals surface area contributed by atoms with E-state index < -0.39 is 37.4 Å². The van der Waals surface area contributed by atoms with Gasteiger partial charge in [-0.2, -0.15) is 0 Å². The Morgan fingerprint density at radius 3 is 2.51 bits per heavy atom. The van der Waals surface area contributed by atoms with Gasteiger partial charge in [-0.05, 0) is 53.4 Å². The van der Waals surface area contributed by atoms with Crippen LogP contribution < -0.4 is 15.9 Å².